The number of hydrogen-bond donors (Lipinski definition) is 1. The molecule has 0 spiro atoms. The molecule has 0 aliphatic carbocycles. The first kappa shape index (κ1) is 12.5. The summed E-state index contributed by atoms with van der Waals surface area (Å²) in [6, 6.07) is 2.12. The van der Waals surface area contributed by atoms with Crippen LogP contribution < -0.4 is 10.5 Å². The van der Waals surface area contributed by atoms with E-state index in [1.807, 2.05) is 0 Å². The van der Waals surface area contributed by atoms with E-state index in [0.29, 0.717) is 0 Å². The first-order chi connectivity index (χ1) is 8.31. The van der Waals surface area contributed by atoms with Gasteiger partial charge in [-0.3, -0.25) is 0 Å². The van der Waals surface area contributed by atoms with E-state index < -0.39 is 18.5 Å². The Labute approximate surface area is 99.0 Å². The predicted octanol–water partition coefficient (Wildman–Crippen LogP) is 2.33. The summed E-state index contributed by atoms with van der Waals surface area (Å²) in [6.07, 6.45) is -4.44. The lowest BCUT2D eigenvalue weighted by atomic mass is 10.3. The number of methoxy groups -OCH3 is 1. The number of nitrogens with zero attached hydrogens (tertiary/aromatic N) is 2. The first-order valence-electron chi connectivity index (χ1n) is 4.88. The average molecular weight is 263 g/mol. The van der Waals surface area contributed by atoms with Crippen LogP contribution in [0.3, 0.4) is 0 Å². The minimum Gasteiger partial charge on any atom is -0.494 e. The Morgan fingerprint density at radius 3 is 2.61 bits per heavy atom. The van der Waals surface area contributed by atoms with E-state index in [1.54, 1.807) is 0 Å². The third-order valence-corrected chi connectivity index (χ3v) is 2.39. The number of aromatic nitrogens is 2. The molecule has 0 aliphatic heterocycles. The fraction of sp³-hybridized carbons (Fsp3) is 0.300. The summed E-state index contributed by atoms with van der Waals surface area (Å²) in [5, 5.41) is 0. The molecular formula is C10H9F4N3O. The highest BCUT2D eigenvalue weighted by Gasteiger charge is 2.30. The number of halogens is 4. The second-order valence-electron chi connectivity index (χ2n) is 3.65. The number of benzene rings is 1. The molecule has 1 aromatic carbocycles. The highest BCUT2D eigenvalue weighted by Crippen LogP contribution is 2.29. The average Bonchev–Trinajstić information content (AvgIpc) is 2.52. The third kappa shape index (κ3) is 2.18. The van der Waals surface area contributed by atoms with Crippen LogP contribution in [0.25, 0.3) is 11.0 Å². The molecule has 2 N–H and O–H groups in total. The minimum absolute atomic E-state index is 0.0510. The molecule has 0 bridgehead atoms. The Bertz CT molecular complexity index is 591. The van der Waals surface area contributed by atoms with Gasteiger partial charge >= 0.3 is 6.18 Å². The van der Waals surface area contributed by atoms with Crippen LogP contribution in [0.1, 0.15) is 0 Å². The van der Waals surface area contributed by atoms with E-state index in [1.165, 1.54) is 7.11 Å². The monoisotopic (exact) mass is 263 g/mol. The van der Waals surface area contributed by atoms with Gasteiger partial charge in [0.05, 0.1) is 18.1 Å². The zero-order valence-corrected chi connectivity index (χ0v) is 9.25. The number of imidazole rings is 1. The standard InChI is InChI=1S/C10H9F4N3O/c1-18-8-3-7-6(2-5(8)11)16-9(15)17(7)4-10(12,13)14/h2-3H,4H2,1H3,(H2,15,16). The molecule has 18 heavy (non-hydrogen) atoms. The number of ether oxygens (including phenoxy) is 1. The topological polar surface area (TPSA) is 53.1 Å². The number of rotatable bonds is 2. The van der Waals surface area contributed by atoms with Gasteiger partial charge in [-0.05, 0) is 0 Å². The number of nitrogen functional groups attached to an aromatic ring is 1. The van der Waals surface area contributed by atoms with Crippen molar-refractivity contribution in [2.45, 2.75) is 12.7 Å². The van der Waals surface area contributed by atoms with Crippen molar-refractivity contribution in [1.29, 1.82) is 0 Å². The summed E-state index contributed by atoms with van der Waals surface area (Å²) >= 11 is 0. The van der Waals surface area contributed by atoms with Crippen molar-refractivity contribution in [1.82, 2.24) is 9.55 Å². The van der Waals surface area contributed by atoms with Crippen molar-refractivity contribution < 1.29 is 22.3 Å². The Morgan fingerprint density at radius 1 is 1.39 bits per heavy atom. The molecule has 0 aliphatic rings. The van der Waals surface area contributed by atoms with E-state index in [4.69, 9.17) is 10.5 Å². The maximum atomic E-state index is 13.4. The fourth-order valence-corrected chi connectivity index (χ4v) is 1.65. The second kappa shape index (κ2) is 4.04. The summed E-state index contributed by atoms with van der Waals surface area (Å²) in [7, 11) is 1.22. The normalized spacial score (nSPS) is 12.1. The molecule has 0 unspecified atom stereocenters. The zero-order valence-electron chi connectivity index (χ0n) is 9.25. The summed E-state index contributed by atoms with van der Waals surface area (Å²) in [4.78, 5) is 3.68. The Morgan fingerprint density at radius 2 is 2.06 bits per heavy atom. The molecule has 0 atom stereocenters. The van der Waals surface area contributed by atoms with Gasteiger partial charge in [0.15, 0.2) is 11.6 Å². The number of fused-ring (bicyclic) bond motifs is 1. The minimum atomic E-state index is -4.44. The fourth-order valence-electron chi connectivity index (χ4n) is 1.65. The van der Waals surface area contributed by atoms with Crippen LogP contribution in [-0.4, -0.2) is 22.8 Å². The Hall–Kier alpha value is -1.99. The van der Waals surface area contributed by atoms with E-state index in [-0.39, 0.29) is 22.7 Å². The molecule has 2 aromatic rings. The highest BCUT2D eigenvalue weighted by molar-refractivity contribution is 5.80. The number of hydrogen-bond acceptors (Lipinski definition) is 3. The van der Waals surface area contributed by atoms with Crippen LogP contribution in [0.5, 0.6) is 5.75 Å². The SMILES string of the molecule is COc1cc2c(cc1F)nc(N)n2CC(F)(F)F. The lowest BCUT2D eigenvalue weighted by Crippen LogP contribution is -2.19. The van der Waals surface area contributed by atoms with Gasteiger partial charge < -0.3 is 15.0 Å². The predicted molar refractivity (Wildman–Crippen MR) is 56.7 cm³/mol. The molecule has 2 rings (SSSR count). The maximum Gasteiger partial charge on any atom is 0.406 e. The third-order valence-electron chi connectivity index (χ3n) is 2.39. The van der Waals surface area contributed by atoms with Crippen molar-refractivity contribution in [3.63, 3.8) is 0 Å². The van der Waals surface area contributed by atoms with Crippen molar-refractivity contribution in [3.05, 3.63) is 17.9 Å². The zero-order chi connectivity index (χ0) is 13.5. The van der Waals surface area contributed by atoms with Crippen molar-refractivity contribution >= 4 is 17.0 Å². The Balaban J connectivity index is 2.62. The van der Waals surface area contributed by atoms with Crippen LogP contribution in [0, 0.1) is 5.82 Å². The van der Waals surface area contributed by atoms with Crippen LogP contribution >= 0.6 is 0 Å². The van der Waals surface area contributed by atoms with Crippen molar-refractivity contribution in [2.24, 2.45) is 0 Å². The molecule has 0 saturated carbocycles. The molecule has 0 fully saturated rings. The molecule has 1 heterocycles. The smallest absolute Gasteiger partial charge is 0.406 e. The maximum absolute atomic E-state index is 13.4. The van der Waals surface area contributed by atoms with Crippen molar-refractivity contribution in [2.75, 3.05) is 12.8 Å². The molecule has 8 heteroatoms. The van der Waals surface area contributed by atoms with Gasteiger partial charge in [0.2, 0.25) is 5.95 Å². The van der Waals surface area contributed by atoms with Crippen LogP contribution in [0.4, 0.5) is 23.5 Å². The molecule has 0 radical (unpaired) electrons. The molecule has 98 valence electrons. The molecular weight excluding hydrogens is 254 g/mol. The van der Waals surface area contributed by atoms with E-state index in [2.05, 4.69) is 4.98 Å². The van der Waals surface area contributed by atoms with Gasteiger partial charge in [-0.1, -0.05) is 0 Å². The lowest BCUT2D eigenvalue weighted by Gasteiger charge is -2.10. The number of anilines is 1. The van der Waals surface area contributed by atoms with Gasteiger partial charge in [-0.25, -0.2) is 9.37 Å². The molecule has 1 aromatic heterocycles. The summed E-state index contributed by atoms with van der Waals surface area (Å²) < 4.78 is 56.0. The Kier molecular flexibility index (Phi) is 2.80. The number of alkyl halides is 3. The summed E-state index contributed by atoms with van der Waals surface area (Å²) in [5.74, 6) is -1.19. The van der Waals surface area contributed by atoms with E-state index in [0.717, 1.165) is 16.7 Å². The van der Waals surface area contributed by atoms with Gasteiger partial charge in [-0.2, -0.15) is 13.2 Å². The van der Waals surface area contributed by atoms with Gasteiger partial charge in [0.1, 0.15) is 6.54 Å². The number of nitrogens with two attached hydrogens (primary N) is 1. The van der Waals surface area contributed by atoms with Gasteiger partial charge in [0, 0.05) is 12.1 Å². The quantitative estimate of drug-likeness (QED) is 0.846. The van der Waals surface area contributed by atoms with Crippen LogP contribution in [0.15, 0.2) is 12.1 Å². The lowest BCUT2D eigenvalue weighted by molar-refractivity contribution is -0.139. The molecule has 0 saturated heterocycles. The van der Waals surface area contributed by atoms with E-state index in [9.17, 15) is 17.6 Å². The van der Waals surface area contributed by atoms with Crippen LogP contribution in [0.2, 0.25) is 0 Å². The van der Waals surface area contributed by atoms with Crippen molar-refractivity contribution in [3.8, 4) is 5.75 Å². The van der Waals surface area contributed by atoms with Crippen LogP contribution in [-0.2, 0) is 6.54 Å². The largest absolute Gasteiger partial charge is 0.494 e. The van der Waals surface area contributed by atoms with Gasteiger partial charge in [0.25, 0.3) is 0 Å². The van der Waals surface area contributed by atoms with Gasteiger partial charge in [-0.15, -0.1) is 0 Å². The first-order valence-corrected chi connectivity index (χ1v) is 4.88. The second-order valence-corrected chi connectivity index (χ2v) is 3.65. The molecule has 0 amide bonds. The highest BCUT2D eigenvalue weighted by atomic mass is 19.4. The summed E-state index contributed by atoms with van der Waals surface area (Å²) in [6.45, 7) is -1.29. The van der Waals surface area contributed by atoms with E-state index >= 15 is 0 Å². The summed E-state index contributed by atoms with van der Waals surface area (Å²) in [5.41, 5.74) is 5.51. The molecule has 4 nitrogen and oxygen atoms in total.